The van der Waals surface area contributed by atoms with Crippen LogP contribution in [0.5, 0.6) is 11.5 Å². The zero-order valence-corrected chi connectivity index (χ0v) is 11.2. The first-order chi connectivity index (χ1) is 9.20. The maximum absolute atomic E-state index is 5.81. The fourth-order valence-corrected chi connectivity index (χ4v) is 2.12. The van der Waals surface area contributed by atoms with Crippen molar-refractivity contribution in [3.05, 3.63) is 34.6 Å². The van der Waals surface area contributed by atoms with Crippen LogP contribution in [0.15, 0.2) is 24.3 Å². The van der Waals surface area contributed by atoms with Gasteiger partial charge in [-0.15, -0.1) is 0 Å². The van der Waals surface area contributed by atoms with E-state index in [1.165, 1.54) is 6.07 Å². The third-order valence-corrected chi connectivity index (χ3v) is 2.85. The zero-order chi connectivity index (χ0) is 13.2. The molecule has 1 aliphatic rings. The maximum atomic E-state index is 5.81. The minimum absolute atomic E-state index is 0.278. The highest BCUT2D eigenvalue weighted by Gasteiger charge is 2.12. The summed E-state index contributed by atoms with van der Waals surface area (Å²) in [5, 5.41) is 3.56. The predicted octanol–water partition coefficient (Wildman–Crippen LogP) is 3.30. The Balaban J connectivity index is 1.86. The Kier molecular flexibility index (Phi) is 3.31. The second kappa shape index (κ2) is 5.11. The molecule has 3 rings (SSSR count). The standard InChI is InChI=1S/C12H9Cl2N3O2/c13-10-6-11(14)17-12(16-10)15-7-1-2-8-9(5-7)19-4-3-18-8/h1-2,5-6H,3-4H2,(H,15,16,17). The van der Waals surface area contributed by atoms with Crippen molar-refractivity contribution in [2.24, 2.45) is 0 Å². The molecule has 0 spiro atoms. The quantitative estimate of drug-likeness (QED) is 0.862. The Labute approximate surface area is 119 Å². The summed E-state index contributed by atoms with van der Waals surface area (Å²) in [6.07, 6.45) is 0. The third kappa shape index (κ3) is 2.83. The molecule has 5 nitrogen and oxygen atoms in total. The monoisotopic (exact) mass is 297 g/mol. The summed E-state index contributed by atoms with van der Waals surface area (Å²) in [7, 11) is 0. The minimum Gasteiger partial charge on any atom is -0.486 e. The molecule has 0 radical (unpaired) electrons. The molecule has 0 fully saturated rings. The second-order valence-electron chi connectivity index (χ2n) is 3.82. The molecule has 0 bridgehead atoms. The first-order valence-electron chi connectivity index (χ1n) is 5.57. The van der Waals surface area contributed by atoms with Gasteiger partial charge in [-0.25, -0.2) is 9.97 Å². The first kappa shape index (κ1) is 12.3. The highest BCUT2D eigenvalue weighted by Crippen LogP contribution is 2.33. The van der Waals surface area contributed by atoms with E-state index in [4.69, 9.17) is 32.7 Å². The second-order valence-corrected chi connectivity index (χ2v) is 4.59. The van der Waals surface area contributed by atoms with Crippen molar-refractivity contribution in [2.75, 3.05) is 18.5 Å². The largest absolute Gasteiger partial charge is 0.486 e. The van der Waals surface area contributed by atoms with Crippen molar-refractivity contribution in [1.82, 2.24) is 9.97 Å². The molecule has 0 saturated carbocycles. The molecule has 1 aromatic heterocycles. The van der Waals surface area contributed by atoms with Gasteiger partial charge in [-0.2, -0.15) is 0 Å². The molecule has 0 unspecified atom stereocenters. The van der Waals surface area contributed by atoms with Crippen LogP contribution in [0.4, 0.5) is 11.6 Å². The van der Waals surface area contributed by atoms with Gasteiger partial charge < -0.3 is 14.8 Å². The summed E-state index contributed by atoms with van der Waals surface area (Å²) in [6, 6.07) is 6.94. The lowest BCUT2D eigenvalue weighted by atomic mass is 10.2. The van der Waals surface area contributed by atoms with E-state index in [0.717, 1.165) is 11.4 Å². The van der Waals surface area contributed by atoms with Gasteiger partial charge in [-0.1, -0.05) is 23.2 Å². The van der Waals surface area contributed by atoms with Crippen molar-refractivity contribution in [2.45, 2.75) is 0 Å². The summed E-state index contributed by atoms with van der Waals surface area (Å²) in [5.74, 6) is 1.74. The van der Waals surface area contributed by atoms with E-state index in [1.54, 1.807) is 0 Å². The summed E-state index contributed by atoms with van der Waals surface area (Å²) in [4.78, 5) is 8.06. The van der Waals surface area contributed by atoms with Gasteiger partial charge in [-0.05, 0) is 12.1 Å². The molecule has 0 amide bonds. The van der Waals surface area contributed by atoms with E-state index in [0.29, 0.717) is 24.9 Å². The molecule has 0 aliphatic carbocycles. The molecular weight excluding hydrogens is 289 g/mol. The van der Waals surface area contributed by atoms with Gasteiger partial charge in [0.05, 0.1) is 0 Å². The van der Waals surface area contributed by atoms with E-state index >= 15 is 0 Å². The molecule has 0 atom stereocenters. The lowest BCUT2D eigenvalue weighted by Gasteiger charge is -2.19. The predicted molar refractivity (Wildman–Crippen MR) is 72.8 cm³/mol. The highest BCUT2D eigenvalue weighted by molar-refractivity contribution is 6.33. The van der Waals surface area contributed by atoms with Gasteiger partial charge in [0.1, 0.15) is 23.5 Å². The Bertz CT molecular complexity index is 602. The van der Waals surface area contributed by atoms with Crippen LogP contribution in [0.3, 0.4) is 0 Å². The van der Waals surface area contributed by atoms with Crippen LogP contribution in [0.25, 0.3) is 0 Å². The molecule has 2 heterocycles. The van der Waals surface area contributed by atoms with E-state index in [9.17, 15) is 0 Å². The lowest BCUT2D eigenvalue weighted by molar-refractivity contribution is 0.171. The number of hydrogen-bond donors (Lipinski definition) is 1. The van der Waals surface area contributed by atoms with E-state index in [1.807, 2.05) is 18.2 Å². The normalized spacial score (nSPS) is 13.2. The smallest absolute Gasteiger partial charge is 0.230 e. The number of hydrogen-bond acceptors (Lipinski definition) is 5. The van der Waals surface area contributed by atoms with Gasteiger partial charge in [0.15, 0.2) is 11.5 Å². The van der Waals surface area contributed by atoms with Gasteiger partial charge in [0.2, 0.25) is 5.95 Å². The minimum atomic E-state index is 0.278. The van der Waals surface area contributed by atoms with Crippen LogP contribution in [0.1, 0.15) is 0 Å². The van der Waals surface area contributed by atoms with Gasteiger partial charge in [0, 0.05) is 17.8 Å². The maximum Gasteiger partial charge on any atom is 0.230 e. The van der Waals surface area contributed by atoms with Crippen molar-refractivity contribution in [3.63, 3.8) is 0 Å². The number of ether oxygens (including phenoxy) is 2. The number of halogens is 2. The molecule has 1 N–H and O–H groups in total. The summed E-state index contributed by atoms with van der Waals surface area (Å²) >= 11 is 11.6. The average Bonchev–Trinajstić information content (AvgIpc) is 2.37. The van der Waals surface area contributed by atoms with Crippen molar-refractivity contribution in [3.8, 4) is 11.5 Å². The van der Waals surface area contributed by atoms with Crippen LogP contribution in [0, 0.1) is 0 Å². The summed E-state index contributed by atoms with van der Waals surface area (Å²) < 4.78 is 10.9. The lowest BCUT2D eigenvalue weighted by Crippen LogP contribution is -2.15. The van der Waals surface area contributed by atoms with E-state index < -0.39 is 0 Å². The molecule has 1 aliphatic heterocycles. The molecule has 98 valence electrons. The van der Waals surface area contributed by atoms with Crippen LogP contribution < -0.4 is 14.8 Å². The molecular formula is C12H9Cl2N3O2. The van der Waals surface area contributed by atoms with Gasteiger partial charge in [0.25, 0.3) is 0 Å². The summed E-state index contributed by atoms with van der Waals surface area (Å²) in [5.41, 5.74) is 0.766. The topological polar surface area (TPSA) is 56.3 Å². The first-order valence-corrected chi connectivity index (χ1v) is 6.33. The number of aromatic nitrogens is 2. The van der Waals surface area contributed by atoms with Crippen LogP contribution in [0.2, 0.25) is 10.3 Å². The van der Waals surface area contributed by atoms with Crippen LogP contribution >= 0.6 is 23.2 Å². The van der Waals surface area contributed by atoms with Gasteiger partial charge in [-0.3, -0.25) is 0 Å². The van der Waals surface area contributed by atoms with E-state index in [2.05, 4.69) is 15.3 Å². The Morgan fingerprint density at radius 1 is 0.947 bits per heavy atom. The fourth-order valence-electron chi connectivity index (χ4n) is 1.70. The molecule has 19 heavy (non-hydrogen) atoms. The average molecular weight is 298 g/mol. The Morgan fingerprint density at radius 2 is 1.63 bits per heavy atom. The number of rotatable bonds is 2. The Morgan fingerprint density at radius 3 is 2.37 bits per heavy atom. The number of benzene rings is 1. The van der Waals surface area contributed by atoms with E-state index in [-0.39, 0.29) is 10.3 Å². The molecule has 0 saturated heterocycles. The van der Waals surface area contributed by atoms with Crippen LogP contribution in [-0.2, 0) is 0 Å². The van der Waals surface area contributed by atoms with Gasteiger partial charge >= 0.3 is 0 Å². The number of anilines is 2. The number of fused-ring (bicyclic) bond motifs is 1. The molecule has 7 heteroatoms. The number of nitrogens with one attached hydrogen (secondary N) is 1. The SMILES string of the molecule is Clc1cc(Cl)nc(Nc2ccc3c(c2)OCCO3)n1. The van der Waals surface area contributed by atoms with Crippen molar-refractivity contribution in [1.29, 1.82) is 0 Å². The molecule has 1 aromatic carbocycles. The fraction of sp³-hybridized carbons (Fsp3) is 0.167. The van der Waals surface area contributed by atoms with Crippen molar-refractivity contribution >= 4 is 34.8 Å². The third-order valence-electron chi connectivity index (χ3n) is 2.46. The summed E-state index contributed by atoms with van der Waals surface area (Å²) in [6.45, 7) is 1.10. The zero-order valence-electron chi connectivity index (χ0n) is 9.69. The van der Waals surface area contributed by atoms with Crippen molar-refractivity contribution < 1.29 is 9.47 Å². The van der Waals surface area contributed by atoms with Crippen LogP contribution in [-0.4, -0.2) is 23.2 Å². The highest BCUT2D eigenvalue weighted by atomic mass is 35.5. The number of nitrogens with zero attached hydrogens (tertiary/aromatic N) is 2. The molecule has 2 aromatic rings. The Hall–Kier alpha value is -1.72.